The quantitative estimate of drug-likeness (QED) is 0.517. The van der Waals surface area contributed by atoms with Crippen LogP contribution in [-0.2, 0) is 16.0 Å². The molecule has 0 radical (unpaired) electrons. The van der Waals surface area contributed by atoms with E-state index in [-0.39, 0.29) is 30.8 Å². The maximum atomic E-state index is 13.3. The molecule has 2 amide bonds. The van der Waals surface area contributed by atoms with Gasteiger partial charge in [0, 0.05) is 10.9 Å². The van der Waals surface area contributed by atoms with Gasteiger partial charge in [-0.25, -0.2) is 4.99 Å². The number of carbonyl (C=O) groups excluding carboxylic acids is 2. The van der Waals surface area contributed by atoms with Gasteiger partial charge >= 0.3 is 0 Å². The lowest BCUT2D eigenvalue weighted by atomic mass is 10.1. The third kappa shape index (κ3) is 5.57. The van der Waals surface area contributed by atoms with Crippen molar-refractivity contribution in [2.45, 2.75) is 46.1 Å². The monoisotopic (exact) mass is 459 g/mol. The Kier molecular flexibility index (Phi) is 7.04. The number of nitrogens with one attached hydrogen (secondary N) is 1. The van der Waals surface area contributed by atoms with Crippen LogP contribution in [-0.4, -0.2) is 30.1 Å². The van der Waals surface area contributed by atoms with Crippen LogP contribution in [0.25, 0.3) is 0 Å². The van der Waals surface area contributed by atoms with Gasteiger partial charge in [-0.2, -0.15) is 0 Å². The first kappa shape index (κ1) is 22.9. The first-order valence-corrected chi connectivity index (χ1v) is 12.1. The van der Waals surface area contributed by atoms with Gasteiger partial charge in [0.1, 0.15) is 6.54 Å². The van der Waals surface area contributed by atoms with E-state index in [0.29, 0.717) is 5.69 Å². The number of carbonyl (C=O) groups is 2. The van der Waals surface area contributed by atoms with Crippen LogP contribution in [0.5, 0.6) is 0 Å². The molecule has 0 spiro atoms. The summed E-state index contributed by atoms with van der Waals surface area (Å²) in [5.74, 6) is -0.274. The van der Waals surface area contributed by atoms with Crippen molar-refractivity contribution in [3.8, 4) is 0 Å². The molecule has 0 aliphatic carbocycles. The van der Waals surface area contributed by atoms with Gasteiger partial charge in [0.25, 0.3) is 0 Å². The Morgan fingerprint density at radius 2 is 1.88 bits per heavy atom. The van der Waals surface area contributed by atoms with Gasteiger partial charge in [0.2, 0.25) is 11.8 Å². The fourth-order valence-electron chi connectivity index (χ4n) is 3.97. The Bertz CT molecular complexity index is 1170. The highest BCUT2D eigenvalue weighted by Gasteiger charge is 2.28. The molecule has 1 aliphatic heterocycles. The fraction of sp³-hybridized carbons (Fsp3) is 0.296. The van der Waals surface area contributed by atoms with Crippen molar-refractivity contribution >= 4 is 40.2 Å². The first-order valence-electron chi connectivity index (χ1n) is 11.3. The van der Waals surface area contributed by atoms with Crippen LogP contribution in [0.3, 0.4) is 0 Å². The topological polar surface area (TPSA) is 61.8 Å². The third-order valence-corrected chi connectivity index (χ3v) is 6.90. The second-order valence-corrected chi connectivity index (χ2v) is 9.56. The van der Waals surface area contributed by atoms with Gasteiger partial charge in [-0.3, -0.25) is 9.59 Å². The molecule has 0 fully saturated rings. The van der Waals surface area contributed by atoms with Crippen molar-refractivity contribution in [1.82, 2.24) is 5.32 Å². The number of thiophene rings is 1. The van der Waals surface area contributed by atoms with Gasteiger partial charge in [-0.05, 0) is 73.9 Å². The summed E-state index contributed by atoms with van der Waals surface area (Å²) in [6, 6.07) is 18.2. The number of rotatable bonds is 7. The number of benzene rings is 2. The molecule has 170 valence electrons. The standard InChI is InChI=1S/C27H29N3O2S/c1-18-14-22-24(15-19(18)2)30(27(32)16-23(29-22)25-10-7-13-33-25)17-26(31)28-20(3)11-12-21-8-5-4-6-9-21/h4-10,13-15,20H,11-12,16-17H2,1-3H3,(H,28,31). The van der Waals surface area contributed by atoms with E-state index < -0.39 is 0 Å². The van der Waals surface area contributed by atoms with Crippen molar-refractivity contribution in [2.24, 2.45) is 4.99 Å². The number of hydrogen-bond acceptors (Lipinski definition) is 4. The molecule has 0 saturated carbocycles. The molecule has 2 heterocycles. The molecule has 1 unspecified atom stereocenters. The highest BCUT2D eigenvalue weighted by atomic mass is 32.1. The summed E-state index contributed by atoms with van der Waals surface area (Å²) in [6.45, 7) is 6.04. The predicted molar refractivity (Wildman–Crippen MR) is 136 cm³/mol. The van der Waals surface area contributed by atoms with E-state index >= 15 is 0 Å². The zero-order chi connectivity index (χ0) is 23.4. The SMILES string of the molecule is Cc1cc2c(cc1C)N(CC(=O)NC(C)CCc1ccccc1)C(=O)CC(c1cccs1)=N2. The highest BCUT2D eigenvalue weighted by molar-refractivity contribution is 7.12. The summed E-state index contributed by atoms with van der Waals surface area (Å²) in [5, 5.41) is 5.05. The molecule has 0 bridgehead atoms. The lowest BCUT2D eigenvalue weighted by Gasteiger charge is -2.24. The molecule has 0 saturated heterocycles. The minimum Gasteiger partial charge on any atom is -0.352 e. The lowest BCUT2D eigenvalue weighted by Crippen LogP contribution is -2.44. The summed E-state index contributed by atoms with van der Waals surface area (Å²) in [4.78, 5) is 33.6. The Labute approximate surface area is 199 Å². The number of nitrogens with zero attached hydrogens (tertiary/aromatic N) is 2. The lowest BCUT2D eigenvalue weighted by molar-refractivity contribution is -0.123. The van der Waals surface area contributed by atoms with Crippen molar-refractivity contribution in [3.05, 3.63) is 81.5 Å². The number of hydrogen-bond donors (Lipinski definition) is 1. The van der Waals surface area contributed by atoms with E-state index in [1.165, 1.54) is 5.56 Å². The Balaban J connectivity index is 1.50. The highest BCUT2D eigenvalue weighted by Crippen LogP contribution is 2.36. The van der Waals surface area contributed by atoms with Crippen molar-refractivity contribution in [3.63, 3.8) is 0 Å². The molecule has 4 rings (SSSR count). The number of aryl methyl sites for hydroxylation is 3. The zero-order valence-electron chi connectivity index (χ0n) is 19.3. The van der Waals surface area contributed by atoms with Gasteiger partial charge < -0.3 is 10.2 Å². The average molecular weight is 460 g/mol. The third-order valence-electron chi connectivity index (χ3n) is 5.98. The second-order valence-electron chi connectivity index (χ2n) is 8.61. The second kappa shape index (κ2) is 10.1. The van der Waals surface area contributed by atoms with E-state index in [4.69, 9.17) is 4.99 Å². The van der Waals surface area contributed by atoms with Crippen LogP contribution in [0.4, 0.5) is 11.4 Å². The van der Waals surface area contributed by atoms with Gasteiger partial charge in [0.15, 0.2) is 0 Å². The number of anilines is 1. The van der Waals surface area contributed by atoms with Crippen LogP contribution in [0, 0.1) is 13.8 Å². The Hall–Kier alpha value is -3.25. The number of amides is 2. The van der Waals surface area contributed by atoms with Crippen LogP contribution in [0.1, 0.15) is 41.3 Å². The van der Waals surface area contributed by atoms with E-state index in [0.717, 1.165) is 40.2 Å². The maximum absolute atomic E-state index is 13.3. The molecular formula is C27H29N3O2S. The summed E-state index contributed by atoms with van der Waals surface area (Å²) in [7, 11) is 0. The van der Waals surface area contributed by atoms with Crippen molar-refractivity contribution in [1.29, 1.82) is 0 Å². The molecule has 1 N–H and O–H groups in total. The Morgan fingerprint density at radius 1 is 1.12 bits per heavy atom. The average Bonchev–Trinajstić information content (AvgIpc) is 3.30. The normalized spacial score (nSPS) is 14.3. The molecule has 1 atom stereocenters. The largest absolute Gasteiger partial charge is 0.352 e. The summed E-state index contributed by atoms with van der Waals surface area (Å²) < 4.78 is 0. The minimum atomic E-state index is -0.160. The fourth-order valence-corrected chi connectivity index (χ4v) is 4.69. The van der Waals surface area contributed by atoms with E-state index in [1.54, 1.807) is 16.2 Å². The van der Waals surface area contributed by atoms with Crippen molar-refractivity contribution < 1.29 is 9.59 Å². The van der Waals surface area contributed by atoms with Gasteiger partial charge in [-0.1, -0.05) is 36.4 Å². The molecule has 33 heavy (non-hydrogen) atoms. The molecule has 2 aromatic carbocycles. The molecule has 6 heteroatoms. The predicted octanol–water partition coefficient (Wildman–Crippen LogP) is 5.36. The summed E-state index contributed by atoms with van der Waals surface area (Å²) in [5.41, 5.74) is 5.60. The molecular weight excluding hydrogens is 430 g/mol. The first-order chi connectivity index (χ1) is 15.9. The molecule has 1 aromatic heterocycles. The molecule has 1 aliphatic rings. The number of aliphatic imine (C=N–C) groups is 1. The van der Waals surface area contributed by atoms with Gasteiger partial charge in [-0.15, -0.1) is 11.3 Å². The van der Waals surface area contributed by atoms with Crippen LogP contribution < -0.4 is 10.2 Å². The van der Waals surface area contributed by atoms with Crippen LogP contribution in [0.2, 0.25) is 0 Å². The van der Waals surface area contributed by atoms with E-state index in [1.807, 2.05) is 68.6 Å². The summed E-state index contributed by atoms with van der Waals surface area (Å²) >= 11 is 1.57. The van der Waals surface area contributed by atoms with E-state index in [2.05, 4.69) is 17.4 Å². The Morgan fingerprint density at radius 3 is 2.61 bits per heavy atom. The molecule has 5 nitrogen and oxygen atoms in total. The van der Waals surface area contributed by atoms with Crippen LogP contribution >= 0.6 is 11.3 Å². The zero-order valence-corrected chi connectivity index (χ0v) is 20.1. The summed E-state index contributed by atoms with van der Waals surface area (Å²) in [6.07, 6.45) is 1.90. The maximum Gasteiger partial charge on any atom is 0.240 e. The molecule has 3 aromatic rings. The van der Waals surface area contributed by atoms with E-state index in [9.17, 15) is 9.59 Å². The van der Waals surface area contributed by atoms with Gasteiger partial charge in [0.05, 0.1) is 23.5 Å². The minimum absolute atomic E-state index is 0.0111. The number of fused-ring (bicyclic) bond motifs is 1. The van der Waals surface area contributed by atoms with Crippen LogP contribution in [0.15, 0.2) is 65.0 Å². The van der Waals surface area contributed by atoms with Crippen molar-refractivity contribution in [2.75, 3.05) is 11.4 Å². The smallest absolute Gasteiger partial charge is 0.240 e.